The molecule has 8 nitrogen and oxygen atoms in total. The number of sulfonamides is 1. The van der Waals surface area contributed by atoms with Crippen LogP contribution in [0.25, 0.3) is 0 Å². The minimum Gasteiger partial charge on any atom is -0.369 e. The fourth-order valence-corrected chi connectivity index (χ4v) is 4.51. The molecule has 0 aromatic heterocycles. The van der Waals surface area contributed by atoms with Crippen molar-refractivity contribution in [2.45, 2.75) is 0 Å². The maximum atomic E-state index is 12.3. The number of piperazine rings is 1. The van der Waals surface area contributed by atoms with Gasteiger partial charge in [-0.2, -0.15) is 17.0 Å². The molecule has 0 aliphatic carbocycles. The number of rotatable bonds is 7. The molecule has 1 heterocycles. The first-order valence-corrected chi connectivity index (χ1v) is 10.7. The second-order valence-corrected chi connectivity index (χ2v) is 9.78. The maximum absolute atomic E-state index is 12.3. The van der Waals surface area contributed by atoms with Gasteiger partial charge in [0.1, 0.15) is 0 Å². The topological polar surface area (TPSA) is 90.0 Å². The van der Waals surface area contributed by atoms with E-state index in [2.05, 4.69) is 9.62 Å². The molecular formula is C14H24N4O4S2. The zero-order valence-corrected chi connectivity index (χ0v) is 15.6. The van der Waals surface area contributed by atoms with Crippen LogP contribution in [0.15, 0.2) is 30.3 Å². The lowest BCUT2D eigenvalue weighted by Crippen LogP contribution is -2.50. The quantitative estimate of drug-likeness (QED) is 0.695. The highest BCUT2D eigenvalue weighted by Crippen LogP contribution is 2.17. The molecule has 0 atom stereocenters. The van der Waals surface area contributed by atoms with Gasteiger partial charge in [-0.05, 0) is 12.1 Å². The van der Waals surface area contributed by atoms with Gasteiger partial charge in [0.25, 0.3) is 10.2 Å². The van der Waals surface area contributed by atoms with Gasteiger partial charge in [-0.25, -0.2) is 13.1 Å². The van der Waals surface area contributed by atoms with Gasteiger partial charge < -0.3 is 4.90 Å². The first kappa shape index (κ1) is 19.1. The predicted octanol–water partition coefficient (Wildman–Crippen LogP) is -0.466. The molecule has 0 bridgehead atoms. The van der Waals surface area contributed by atoms with Crippen LogP contribution in [0, 0.1) is 0 Å². The molecule has 1 N–H and O–H groups in total. The average molecular weight is 377 g/mol. The molecule has 0 spiro atoms. The minimum atomic E-state index is -3.60. The van der Waals surface area contributed by atoms with Gasteiger partial charge >= 0.3 is 0 Å². The Balaban J connectivity index is 1.86. The van der Waals surface area contributed by atoms with Gasteiger partial charge in [0.05, 0.1) is 5.75 Å². The van der Waals surface area contributed by atoms with E-state index in [9.17, 15) is 16.8 Å². The summed E-state index contributed by atoms with van der Waals surface area (Å²) in [6, 6.07) is 9.85. The molecule has 1 fully saturated rings. The van der Waals surface area contributed by atoms with E-state index in [1.54, 1.807) is 0 Å². The van der Waals surface area contributed by atoms with E-state index in [4.69, 9.17) is 0 Å². The summed E-state index contributed by atoms with van der Waals surface area (Å²) in [6.07, 6.45) is 0. The van der Waals surface area contributed by atoms with Gasteiger partial charge in [-0.15, -0.1) is 0 Å². The first-order valence-electron chi connectivity index (χ1n) is 7.67. The van der Waals surface area contributed by atoms with Crippen LogP contribution in [0.2, 0.25) is 0 Å². The molecule has 1 aliphatic rings. The lowest BCUT2D eigenvalue weighted by atomic mass is 10.2. The number of para-hydroxylation sites is 1. The Labute approximate surface area is 144 Å². The summed E-state index contributed by atoms with van der Waals surface area (Å²) in [6.45, 7) is 1.90. The Morgan fingerprint density at radius 3 is 2.12 bits per heavy atom. The van der Waals surface area contributed by atoms with E-state index in [1.165, 1.54) is 18.4 Å². The number of hydrogen-bond donors (Lipinski definition) is 1. The summed E-state index contributed by atoms with van der Waals surface area (Å²) in [5.41, 5.74) is 1.08. The molecule has 0 amide bonds. The zero-order chi connectivity index (χ0) is 17.8. The lowest BCUT2D eigenvalue weighted by molar-refractivity contribution is 0.385. The van der Waals surface area contributed by atoms with Crippen LogP contribution in [0.5, 0.6) is 0 Å². The highest BCUT2D eigenvalue weighted by molar-refractivity contribution is 7.89. The van der Waals surface area contributed by atoms with Crippen LogP contribution in [-0.2, 0) is 20.2 Å². The average Bonchev–Trinajstić information content (AvgIpc) is 2.55. The van der Waals surface area contributed by atoms with Crippen LogP contribution in [0.3, 0.4) is 0 Å². The fourth-order valence-electron chi connectivity index (χ4n) is 2.42. The van der Waals surface area contributed by atoms with E-state index in [1.807, 2.05) is 30.3 Å². The Bertz CT molecular complexity index is 727. The number of nitrogens with one attached hydrogen (secondary N) is 1. The first-order chi connectivity index (χ1) is 11.2. The molecule has 0 unspecified atom stereocenters. The Hall–Kier alpha value is -1.20. The van der Waals surface area contributed by atoms with E-state index in [-0.39, 0.29) is 12.3 Å². The molecule has 0 radical (unpaired) electrons. The normalized spacial score (nSPS) is 17.4. The third-order valence-electron chi connectivity index (χ3n) is 3.88. The number of benzene rings is 1. The van der Waals surface area contributed by atoms with Crippen LogP contribution in [-0.4, -0.2) is 78.0 Å². The SMILES string of the molecule is CN(C)S(=O)(=O)NCCS(=O)(=O)N1CCN(c2ccccc2)CC1. The Kier molecular flexibility index (Phi) is 6.21. The Morgan fingerprint density at radius 2 is 1.58 bits per heavy atom. The lowest BCUT2D eigenvalue weighted by Gasteiger charge is -2.35. The molecule has 1 aromatic carbocycles. The van der Waals surface area contributed by atoms with E-state index >= 15 is 0 Å². The third kappa shape index (κ3) is 4.90. The maximum Gasteiger partial charge on any atom is 0.278 e. The van der Waals surface area contributed by atoms with Gasteiger partial charge in [0.2, 0.25) is 10.0 Å². The highest BCUT2D eigenvalue weighted by Gasteiger charge is 2.27. The highest BCUT2D eigenvalue weighted by atomic mass is 32.2. The molecule has 1 saturated heterocycles. The van der Waals surface area contributed by atoms with Crippen molar-refractivity contribution in [1.29, 1.82) is 0 Å². The van der Waals surface area contributed by atoms with Crippen molar-refractivity contribution in [3.63, 3.8) is 0 Å². The zero-order valence-electron chi connectivity index (χ0n) is 13.9. The van der Waals surface area contributed by atoms with Gasteiger partial charge in [0.15, 0.2) is 0 Å². The van der Waals surface area contributed by atoms with Crippen LogP contribution in [0.4, 0.5) is 5.69 Å². The Morgan fingerprint density at radius 1 is 1.00 bits per heavy atom. The van der Waals surface area contributed by atoms with Crippen LogP contribution in [0.1, 0.15) is 0 Å². The van der Waals surface area contributed by atoms with Crippen LogP contribution >= 0.6 is 0 Å². The van der Waals surface area contributed by atoms with Crippen molar-refractivity contribution in [2.24, 2.45) is 0 Å². The largest absolute Gasteiger partial charge is 0.369 e. The van der Waals surface area contributed by atoms with Crippen molar-refractivity contribution < 1.29 is 16.8 Å². The van der Waals surface area contributed by atoms with Gasteiger partial charge in [-0.1, -0.05) is 18.2 Å². The summed E-state index contributed by atoms with van der Waals surface area (Å²) in [4.78, 5) is 2.14. The minimum absolute atomic E-state index is 0.137. The molecule has 2 rings (SSSR count). The number of nitrogens with zero attached hydrogens (tertiary/aromatic N) is 3. The van der Waals surface area contributed by atoms with E-state index in [0.717, 1.165) is 9.99 Å². The third-order valence-corrected chi connectivity index (χ3v) is 7.28. The van der Waals surface area contributed by atoms with Crippen molar-refractivity contribution in [2.75, 3.05) is 57.5 Å². The second-order valence-electron chi connectivity index (χ2n) is 5.72. The molecule has 0 saturated carbocycles. The van der Waals surface area contributed by atoms with Crippen molar-refractivity contribution in [3.05, 3.63) is 30.3 Å². The van der Waals surface area contributed by atoms with Gasteiger partial charge in [-0.3, -0.25) is 0 Å². The molecule has 136 valence electrons. The fraction of sp³-hybridized carbons (Fsp3) is 0.571. The number of hydrogen-bond acceptors (Lipinski definition) is 5. The smallest absolute Gasteiger partial charge is 0.278 e. The van der Waals surface area contributed by atoms with E-state index < -0.39 is 20.2 Å². The van der Waals surface area contributed by atoms with Crippen LogP contribution < -0.4 is 9.62 Å². The van der Waals surface area contributed by atoms with Gasteiger partial charge in [0, 0.05) is 52.5 Å². The second kappa shape index (κ2) is 7.79. The monoisotopic (exact) mass is 376 g/mol. The predicted molar refractivity (Wildman–Crippen MR) is 94.6 cm³/mol. The van der Waals surface area contributed by atoms with Crippen molar-refractivity contribution in [1.82, 2.24) is 13.3 Å². The van der Waals surface area contributed by atoms with Crippen molar-refractivity contribution in [3.8, 4) is 0 Å². The standard InChI is InChI=1S/C14H24N4O4S2/c1-16(2)24(21,22)15-8-13-23(19,20)18-11-9-17(10-12-18)14-6-4-3-5-7-14/h3-7,15H,8-13H2,1-2H3. The number of anilines is 1. The summed E-state index contributed by atoms with van der Waals surface area (Å²) < 4.78 is 52.6. The molecule has 10 heteroatoms. The summed E-state index contributed by atoms with van der Waals surface area (Å²) in [5.74, 6) is -0.245. The van der Waals surface area contributed by atoms with E-state index in [0.29, 0.717) is 26.2 Å². The summed E-state index contributed by atoms with van der Waals surface area (Å²) in [5, 5.41) is 0. The molecular weight excluding hydrogens is 352 g/mol. The molecule has 24 heavy (non-hydrogen) atoms. The van der Waals surface area contributed by atoms with Crippen molar-refractivity contribution >= 4 is 25.9 Å². The molecule has 1 aromatic rings. The summed E-state index contributed by atoms with van der Waals surface area (Å²) >= 11 is 0. The summed E-state index contributed by atoms with van der Waals surface area (Å²) in [7, 11) is -4.30. The molecule has 1 aliphatic heterocycles.